The molecule has 34 heavy (non-hydrogen) atoms. The molecule has 0 bridgehead atoms. The second kappa shape index (κ2) is 9.72. The molecule has 0 aliphatic carbocycles. The number of nitrogens with zero attached hydrogens (tertiary/aromatic N) is 4. The van der Waals surface area contributed by atoms with Gasteiger partial charge in [0.1, 0.15) is 11.5 Å². The Morgan fingerprint density at radius 3 is 2.71 bits per heavy atom. The van der Waals surface area contributed by atoms with Gasteiger partial charge in [-0.25, -0.2) is 9.97 Å². The van der Waals surface area contributed by atoms with E-state index in [-0.39, 0.29) is 17.4 Å². The highest BCUT2D eigenvalue weighted by atomic mass is 35.5. The molecule has 2 aromatic heterocycles. The fourth-order valence-electron chi connectivity index (χ4n) is 5.22. The van der Waals surface area contributed by atoms with Crippen molar-refractivity contribution in [1.82, 2.24) is 25.2 Å². The molecule has 0 radical (unpaired) electrons. The number of H-pyrrole nitrogens is 1. The second-order valence-corrected chi connectivity index (χ2v) is 9.53. The van der Waals surface area contributed by atoms with E-state index in [1.54, 1.807) is 37.5 Å². The first-order valence-electron chi connectivity index (χ1n) is 11.9. The molecule has 178 valence electrons. The van der Waals surface area contributed by atoms with Crippen molar-refractivity contribution in [1.29, 1.82) is 0 Å². The Balaban J connectivity index is 1.24. The maximum Gasteiger partial charge on any atom is 0.269 e. The van der Waals surface area contributed by atoms with E-state index < -0.39 is 0 Å². The number of rotatable bonds is 4. The number of hydrogen-bond acceptors (Lipinski definition) is 6. The molecule has 1 atom stereocenters. The summed E-state index contributed by atoms with van der Waals surface area (Å²) in [5.41, 5.74) is 1.95. The molecule has 9 heteroatoms. The smallest absolute Gasteiger partial charge is 0.269 e. The van der Waals surface area contributed by atoms with Crippen molar-refractivity contribution < 1.29 is 4.79 Å². The Bertz CT molecular complexity index is 1240. The summed E-state index contributed by atoms with van der Waals surface area (Å²) in [5, 5.41) is 3.65. The minimum atomic E-state index is -0.172. The first-order chi connectivity index (χ1) is 16.5. The average Bonchev–Trinajstić information content (AvgIpc) is 2.89. The first-order valence-corrected chi connectivity index (χ1v) is 12.3. The van der Waals surface area contributed by atoms with E-state index in [4.69, 9.17) is 16.6 Å². The number of benzene rings is 1. The number of pyridine rings is 1. The summed E-state index contributed by atoms with van der Waals surface area (Å²) in [7, 11) is 1.61. The van der Waals surface area contributed by atoms with Crippen LogP contribution >= 0.6 is 11.6 Å². The topological polar surface area (TPSA) is 94.2 Å². The van der Waals surface area contributed by atoms with Crippen LogP contribution < -0.4 is 15.8 Å². The summed E-state index contributed by atoms with van der Waals surface area (Å²) in [6.07, 6.45) is 6.02. The van der Waals surface area contributed by atoms with E-state index in [2.05, 4.69) is 25.1 Å². The Morgan fingerprint density at radius 1 is 1.15 bits per heavy atom. The second-order valence-electron chi connectivity index (χ2n) is 9.12. The molecule has 2 fully saturated rings. The number of likely N-dealkylation sites (tertiary alicyclic amines) is 1. The van der Waals surface area contributed by atoms with Crippen molar-refractivity contribution in [2.24, 2.45) is 0 Å². The van der Waals surface area contributed by atoms with Gasteiger partial charge < -0.3 is 15.2 Å². The summed E-state index contributed by atoms with van der Waals surface area (Å²) in [6.45, 7) is 3.87. The van der Waals surface area contributed by atoms with Crippen molar-refractivity contribution in [3.8, 4) is 0 Å². The Morgan fingerprint density at radius 2 is 1.97 bits per heavy atom. The molecular formula is C25H29ClN6O2. The van der Waals surface area contributed by atoms with E-state index in [0.29, 0.717) is 27.7 Å². The molecule has 5 rings (SSSR count). The predicted molar refractivity (Wildman–Crippen MR) is 134 cm³/mol. The summed E-state index contributed by atoms with van der Waals surface area (Å²) in [6, 6.07) is 9.58. The van der Waals surface area contributed by atoms with Gasteiger partial charge in [-0.15, -0.1) is 0 Å². The van der Waals surface area contributed by atoms with E-state index >= 15 is 0 Å². The number of fused-ring (bicyclic) bond motifs is 1. The highest BCUT2D eigenvalue weighted by molar-refractivity contribution is 6.34. The lowest BCUT2D eigenvalue weighted by atomic mass is 9.93. The normalized spacial score (nSPS) is 19.9. The van der Waals surface area contributed by atoms with Crippen LogP contribution in [0.4, 0.5) is 5.69 Å². The number of nitrogens with one attached hydrogen (secondary N) is 2. The third kappa shape index (κ3) is 4.52. The number of carbonyl (C=O) groups is 1. The summed E-state index contributed by atoms with van der Waals surface area (Å²) >= 11 is 6.33. The zero-order chi connectivity index (χ0) is 23.7. The largest absolute Gasteiger partial charge is 0.370 e. The molecule has 2 saturated heterocycles. The molecule has 4 heterocycles. The van der Waals surface area contributed by atoms with E-state index in [9.17, 15) is 9.59 Å². The van der Waals surface area contributed by atoms with Crippen molar-refractivity contribution in [3.05, 3.63) is 63.4 Å². The van der Waals surface area contributed by atoms with Gasteiger partial charge in [-0.05, 0) is 56.5 Å². The number of anilines is 1. The van der Waals surface area contributed by atoms with E-state index in [1.807, 2.05) is 6.07 Å². The van der Waals surface area contributed by atoms with Gasteiger partial charge >= 0.3 is 0 Å². The Labute approximate surface area is 203 Å². The van der Waals surface area contributed by atoms with Crippen LogP contribution in [-0.4, -0.2) is 65.0 Å². The van der Waals surface area contributed by atoms with Crippen molar-refractivity contribution in [2.45, 2.75) is 37.6 Å². The lowest BCUT2D eigenvalue weighted by Crippen LogP contribution is -2.48. The number of aromatic nitrogens is 3. The van der Waals surface area contributed by atoms with Crippen molar-refractivity contribution >= 4 is 34.1 Å². The van der Waals surface area contributed by atoms with Crippen LogP contribution in [0.15, 0.2) is 41.3 Å². The number of halogens is 1. The zero-order valence-corrected chi connectivity index (χ0v) is 20.0. The Kier molecular flexibility index (Phi) is 6.52. The summed E-state index contributed by atoms with van der Waals surface area (Å²) in [5.74, 6) is 0.769. The number of carbonyl (C=O) groups excluding carboxylic acids is 1. The molecule has 2 aliphatic rings. The molecule has 8 nitrogen and oxygen atoms in total. The van der Waals surface area contributed by atoms with Crippen LogP contribution in [0.3, 0.4) is 0 Å². The number of para-hydroxylation sites is 1. The monoisotopic (exact) mass is 480 g/mol. The van der Waals surface area contributed by atoms with Gasteiger partial charge in [-0.3, -0.25) is 14.5 Å². The van der Waals surface area contributed by atoms with Crippen LogP contribution in [0.1, 0.15) is 47.9 Å². The quantitative estimate of drug-likeness (QED) is 0.595. The average molecular weight is 481 g/mol. The van der Waals surface area contributed by atoms with Gasteiger partial charge in [0.25, 0.3) is 11.5 Å². The van der Waals surface area contributed by atoms with Gasteiger partial charge in [-0.1, -0.05) is 17.7 Å². The molecule has 1 unspecified atom stereocenters. The number of amides is 1. The highest BCUT2D eigenvalue weighted by Crippen LogP contribution is 2.30. The minimum absolute atomic E-state index is 0.121. The van der Waals surface area contributed by atoms with Crippen molar-refractivity contribution in [3.63, 3.8) is 0 Å². The van der Waals surface area contributed by atoms with Crippen LogP contribution in [0.5, 0.6) is 0 Å². The SMILES string of the molecule is CNC(=O)c1ccc(N2CCC(N3CCCC(c4nc5c(Cl)cccc5c(=O)[nH]4)C3)CC2)cn1. The molecule has 2 N–H and O–H groups in total. The molecular weight excluding hydrogens is 452 g/mol. The number of piperidine rings is 2. The number of aromatic amines is 1. The minimum Gasteiger partial charge on any atom is -0.370 e. The molecule has 2 aliphatic heterocycles. The molecule has 0 spiro atoms. The summed E-state index contributed by atoms with van der Waals surface area (Å²) in [4.78, 5) is 41.3. The first kappa shape index (κ1) is 22.8. The van der Waals surface area contributed by atoms with Gasteiger partial charge in [0.05, 0.1) is 27.8 Å². The fourth-order valence-corrected chi connectivity index (χ4v) is 5.44. The highest BCUT2D eigenvalue weighted by Gasteiger charge is 2.31. The lowest BCUT2D eigenvalue weighted by molar-refractivity contribution is 0.0958. The third-order valence-corrected chi connectivity index (χ3v) is 7.40. The van der Waals surface area contributed by atoms with E-state index in [1.165, 1.54) is 0 Å². The molecule has 1 aromatic carbocycles. The number of hydrogen-bond donors (Lipinski definition) is 2. The van der Waals surface area contributed by atoms with E-state index in [0.717, 1.165) is 63.4 Å². The molecule has 3 aromatic rings. The Hall–Kier alpha value is -2.97. The molecule has 0 saturated carbocycles. The standard InChI is InChI=1S/C25H29ClN6O2/c1-27-25(34)21-8-7-18(14-28-21)31-12-9-17(10-13-31)32-11-3-4-16(15-32)23-29-22-19(24(33)30-23)5-2-6-20(22)26/h2,5-8,14,16-17H,3-4,9-13,15H2,1H3,(H,27,34)(H,29,30,33). The maximum atomic E-state index is 12.6. The van der Waals surface area contributed by atoms with Gasteiger partial charge in [-0.2, -0.15) is 0 Å². The van der Waals surface area contributed by atoms with Crippen LogP contribution in [-0.2, 0) is 0 Å². The van der Waals surface area contributed by atoms with Gasteiger partial charge in [0, 0.05) is 38.6 Å². The zero-order valence-electron chi connectivity index (χ0n) is 19.3. The predicted octanol–water partition coefficient (Wildman–Crippen LogP) is 3.18. The van der Waals surface area contributed by atoms with Crippen LogP contribution in [0, 0.1) is 0 Å². The summed E-state index contributed by atoms with van der Waals surface area (Å²) < 4.78 is 0. The van der Waals surface area contributed by atoms with Gasteiger partial charge in [0.15, 0.2) is 0 Å². The van der Waals surface area contributed by atoms with Crippen molar-refractivity contribution in [2.75, 3.05) is 38.1 Å². The molecule has 1 amide bonds. The maximum absolute atomic E-state index is 12.6. The van der Waals surface area contributed by atoms with Gasteiger partial charge in [0.2, 0.25) is 0 Å². The fraction of sp³-hybridized carbons (Fsp3) is 0.440. The third-order valence-electron chi connectivity index (χ3n) is 7.10. The van der Waals surface area contributed by atoms with Crippen LogP contribution in [0.25, 0.3) is 10.9 Å². The lowest BCUT2D eigenvalue weighted by Gasteiger charge is -2.42. The van der Waals surface area contributed by atoms with Crippen LogP contribution in [0.2, 0.25) is 5.02 Å².